The summed E-state index contributed by atoms with van der Waals surface area (Å²) < 4.78 is 12.1. The van der Waals surface area contributed by atoms with Crippen molar-refractivity contribution in [1.29, 1.82) is 0 Å². The number of carbonyl (C=O) groups excluding carboxylic acids is 1. The molecule has 3 rings (SSSR count). The van der Waals surface area contributed by atoms with Crippen molar-refractivity contribution in [1.82, 2.24) is 0 Å². The summed E-state index contributed by atoms with van der Waals surface area (Å²) in [7, 11) is 0. The van der Waals surface area contributed by atoms with Gasteiger partial charge in [-0.15, -0.1) is 0 Å². The third kappa shape index (κ3) is 3.95. The number of ketones is 1. The van der Waals surface area contributed by atoms with Gasteiger partial charge in [-0.1, -0.05) is 28.1 Å². The van der Waals surface area contributed by atoms with Crippen molar-refractivity contribution in [2.75, 3.05) is 13.2 Å². The summed E-state index contributed by atoms with van der Waals surface area (Å²) in [6, 6.07) is 18.9. The van der Waals surface area contributed by atoms with Crippen LogP contribution in [0, 0.1) is 0 Å². The van der Waals surface area contributed by atoms with E-state index in [1.54, 1.807) is 24.3 Å². The number of rotatable bonds is 6. The molecule has 4 heteroatoms. The highest BCUT2D eigenvalue weighted by molar-refractivity contribution is 9.10. The van der Waals surface area contributed by atoms with Crippen molar-refractivity contribution in [3.8, 4) is 11.5 Å². The lowest BCUT2D eigenvalue weighted by Crippen LogP contribution is -2.11. The molecule has 3 aromatic rings. The first-order valence-electron chi connectivity index (χ1n) is 7.74. The SMILES string of the molecule is CCOc1ccc(C(=O)COc2ccc3cc(Br)ccc3c2)cc1. The van der Waals surface area contributed by atoms with Crippen molar-refractivity contribution in [2.45, 2.75) is 6.92 Å². The third-order valence-corrected chi connectivity index (χ3v) is 4.12. The predicted molar refractivity (Wildman–Crippen MR) is 99.1 cm³/mol. The Kier molecular flexibility index (Phi) is 5.16. The fourth-order valence-corrected chi connectivity index (χ4v) is 2.80. The van der Waals surface area contributed by atoms with E-state index in [2.05, 4.69) is 15.9 Å². The fraction of sp³-hybridized carbons (Fsp3) is 0.150. The Hall–Kier alpha value is -2.33. The molecule has 0 heterocycles. The molecular formula is C20H17BrO3. The Morgan fingerprint density at radius 3 is 2.29 bits per heavy atom. The summed E-state index contributed by atoms with van der Waals surface area (Å²) >= 11 is 3.46. The largest absolute Gasteiger partial charge is 0.494 e. The van der Waals surface area contributed by atoms with E-state index >= 15 is 0 Å². The van der Waals surface area contributed by atoms with Crippen molar-refractivity contribution in [2.24, 2.45) is 0 Å². The topological polar surface area (TPSA) is 35.5 Å². The van der Waals surface area contributed by atoms with Gasteiger partial charge in [0.15, 0.2) is 12.4 Å². The number of fused-ring (bicyclic) bond motifs is 1. The van der Waals surface area contributed by atoms with Crippen molar-refractivity contribution in [3.05, 3.63) is 70.7 Å². The molecule has 0 N–H and O–H groups in total. The Labute approximate surface area is 149 Å². The standard InChI is InChI=1S/C20H17BrO3/c1-2-23-18-8-4-14(5-9-18)20(22)13-24-19-10-6-15-11-17(21)7-3-16(15)12-19/h3-12H,2,13H2,1H3. The minimum absolute atomic E-state index is 0.00994. The van der Waals surface area contributed by atoms with Crippen LogP contribution in [0.3, 0.4) is 0 Å². The Morgan fingerprint density at radius 2 is 1.54 bits per heavy atom. The summed E-state index contributed by atoms with van der Waals surface area (Å²) in [6.07, 6.45) is 0. The number of carbonyl (C=O) groups is 1. The third-order valence-electron chi connectivity index (χ3n) is 3.63. The molecule has 0 amide bonds. The molecule has 0 aliphatic rings. The zero-order valence-corrected chi connectivity index (χ0v) is 14.9. The molecule has 0 saturated carbocycles. The van der Waals surface area contributed by atoms with Gasteiger partial charge in [0, 0.05) is 10.0 Å². The summed E-state index contributed by atoms with van der Waals surface area (Å²) in [5.41, 5.74) is 0.614. The lowest BCUT2D eigenvalue weighted by molar-refractivity contribution is 0.0921. The van der Waals surface area contributed by atoms with E-state index in [-0.39, 0.29) is 12.4 Å². The summed E-state index contributed by atoms with van der Waals surface area (Å²) in [5, 5.41) is 2.19. The number of Topliss-reactive ketones (excluding diaryl/α,β-unsaturated/α-hetero) is 1. The Balaban J connectivity index is 1.66. The number of hydrogen-bond donors (Lipinski definition) is 0. The monoisotopic (exact) mass is 384 g/mol. The van der Waals surface area contributed by atoms with E-state index in [0.717, 1.165) is 21.0 Å². The molecular weight excluding hydrogens is 368 g/mol. The zero-order valence-electron chi connectivity index (χ0n) is 13.3. The average Bonchev–Trinajstić information content (AvgIpc) is 2.60. The highest BCUT2D eigenvalue weighted by atomic mass is 79.9. The van der Waals surface area contributed by atoms with Gasteiger partial charge in [0.25, 0.3) is 0 Å². The molecule has 0 saturated heterocycles. The Bertz CT molecular complexity index is 856. The minimum atomic E-state index is -0.0612. The first-order valence-corrected chi connectivity index (χ1v) is 8.53. The molecule has 24 heavy (non-hydrogen) atoms. The van der Waals surface area contributed by atoms with E-state index in [0.29, 0.717) is 17.9 Å². The first-order chi connectivity index (χ1) is 11.7. The van der Waals surface area contributed by atoms with Gasteiger partial charge < -0.3 is 9.47 Å². The van der Waals surface area contributed by atoms with Crippen LogP contribution in [-0.4, -0.2) is 19.0 Å². The fourth-order valence-electron chi connectivity index (χ4n) is 2.42. The van der Waals surface area contributed by atoms with E-state index in [4.69, 9.17) is 9.47 Å². The van der Waals surface area contributed by atoms with Crippen LogP contribution >= 0.6 is 15.9 Å². The van der Waals surface area contributed by atoms with E-state index in [1.807, 2.05) is 43.3 Å². The van der Waals surface area contributed by atoms with E-state index < -0.39 is 0 Å². The molecule has 3 nitrogen and oxygen atoms in total. The van der Waals surface area contributed by atoms with Gasteiger partial charge in [0.05, 0.1) is 6.61 Å². The number of halogens is 1. The predicted octanol–water partition coefficient (Wildman–Crippen LogP) is 5.26. The molecule has 0 radical (unpaired) electrons. The van der Waals surface area contributed by atoms with Crippen LogP contribution in [0.25, 0.3) is 10.8 Å². The lowest BCUT2D eigenvalue weighted by Gasteiger charge is -2.08. The average molecular weight is 385 g/mol. The second kappa shape index (κ2) is 7.49. The maximum absolute atomic E-state index is 12.2. The number of ether oxygens (including phenoxy) is 2. The smallest absolute Gasteiger partial charge is 0.200 e. The minimum Gasteiger partial charge on any atom is -0.494 e. The number of hydrogen-bond acceptors (Lipinski definition) is 3. The van der Waals surface area contributed by atoms with Gasteiger partial charge in [0.1, 0.15) is 11.5 Å². The van der Waals surface area contributed by atoms with Crippen molar-refractivity contribution in [3.63, 3.8) is 0 Å². The highest BCUT2D eigenvalue weighted by Crippen LogP contribution is 2.24. The molecule has 0 aliphatic carbocycles. The van der Waals surface area contributed by atoms with E-state index in [1.165, 1.54) is 0 Å². The van der Waals surface area contributed by atoms with Gasteiger partial charge in [-0.3, -0.25) is 4.79 Å². The summed E-state index contributed by atoms with van der Waals surface area (Å²) in [4.78, 5) is 12.2. The molecule has 0 aliphatic heterocycles. The van der Waals surface area contributed by atoms with Crippen LogP contribution in [0.4, 0.5) is 0 Å². The van der Waals surface area contributed by atoms with Crippen LogP contribution in [-0.2, 0) is 0 Å². The zero-order chi connectivity index (χ0) is 16.9. The van der Waals surface area contributed by atoms with Gasteiger partial charge in [0.2, 0.25) is 0 Å². The second-order valence-electron chi connectivity index (χ2n) is 5.32. The molecule has 0 bridgehead atoms. The highest BCUT2D eigenvalue weighted by Gasteiger charge is 2.08. The van der Waals surface area contributed by atoms with Gasteiger partial charge in [-0.05, 0) is 66.2 Å². The first kappa shape index (κ1) is 16.5. The molecule has 0 fully saturated rings. The lowest BCUT2D eigenvalue weighted by atomic mass is 10.1. The molecule has 0 spiro atoms. The molecule has 0 aromatic heterocycles. The number of benzene rings is 3. The maximum atomic E-state index is 12.2. The molecule has 0 atom stereocenters. The van der Waals surface area contributed by atoms with Gasteiger partial charge >= 0.3 is 0 Å². The van der Waals surface area contributed by atoms with Crippen LogP contribution in [0.5, 0.6) is 11.5 Å². The summed E-state index contributed by atoms with van der Waals surface area (Å²) in [5.74, 6) is 1.38. The van der Waals surface area contributed by atoms with Crippen molar-refractivity contribution < 1.29 is 14.3 Å². The second-order valence-corrected chi connectivity index (χ2v) is 6.24. The van der Waals surface area contributed by atoms with Crippen LogP contribution < -0.4 is 9.47 Å². The quantitative estimate of drug-likeness (QED) is 0.543. The Morgan fingerprint density at radius 1 is 0.875 bits per heavy atom. The van der Waals surface area contributed by atoms with E-state index in [9.17, 15) is 4.79 Å². The van der Waals surface area contributed by atoms with Crippen LogP contribution in [0.1, 0.15) is 17.3 Å². The molecule has 3 aromatic carbocycles. The summed E-state index contributed by atoms with van der Waals surface area (Å²) in [6.45, 7) is 2.54. The van der Waals surface area contributed by atoms with Gasteiger partial charge in [-0.25, -0.2) is 0 Å². The van der Waals surface area contributed by atoms with Gasteiger partial charge in [-0.2, -0.15) is 0 Å². The van der Waals surface area contributed by atoms with Crippen LogP contribution in [0.2, 0.25) is 0 Å². The normalized spacial score (nSPS) is 10.6. The maximum Gasteiger partial charge on any atom is 0.200 e. The van der Waals surface area contributed by atoms with Crippen molar-refractivity contribution >= 4 is 32.5 Å². The molecule has 122 valence electrons. The molecule has 0 unspecified atom stereocenters. The van der Waals surface area contributed by atoms with Crippen LogP contribution in [0.15, 0.2) is 65.1 Å².